The molecule has 1 atom stereocenters. The fraction of sp³-hybridized carbons (Fsp3) is 0.545. The molecule has 0 aromatic carbocycles. The van der Waals surface area contributed by atoms with E-state index in [1.54, 1.807) is 0 Å². The van der Waals surface area contributed by atoms with Crippen LogP contribution in [-0.4, -0.2) is 24.0 Å². The molecule has 2 nitrogen and oxygen atoms in total. The molecule has 0 aliphatic carbocycles. The van der Waals surface area contributed by atoms with Crippen LogP contribution in [0.5, 0.6) is 0 Å². The number of alkyl halides is 1. The molecular formula is C11H14BrClN2. The van der Waals surface area contributed by atoms with Gasteiger partial charge in [-0.05, 0) is 34.5 Å². The second-order valence-electron chi connectivity index (χ2n) is 4.45. The molecule has 0 amide bonds. The van der Waals surface area contributed by atoms with Gasteiger partial charge in [0.1, 0.15) is 5.82 Å². The van der Waals surface area contributed by atoms with E-state index in [1.807, 2.05) is 18.3 Å². The standard InChI is InChI=1S/C11H14BrClN2/c1-11(7-13)4-5-15(8-11)10-3-2-9(12)6-14-10/h2-3,6H,4-5,7-8H2,1H3. The molecule has 1 aromatic heterocycles. The van der Waals surface area contributed by atoms with Gasteiger partial charge in [0.15, 0.2) is 0 Å². The topological polar surface area (TPSA) is 16.1 Å². The molecule has 4 heteroatoms. The number of halogens is 2. The molecule has 0 spiro atoms. The van der Waals surface area contributed by atoms with Crippen molar-refractivity contribution in [1.82, 2.24) is 4.98 Å². The third kappa shape index (κ3) is 2.45. The van der Waals surface area contributed by atoms with Crippen LogP contribution in [0.15, 0.2) is 22.8 Å². The molecule has 2 rings (SSSR count). The number of hydrogen-bond acceptors (Lipinski definition) is 2. The lowest BCUT2D eigenvalue weighted by molar-refractivity contribution is 0.425. The van der Waals surface area contributed by atoms with E-state index < -0.39 is 0 Å². The Morgan fingerprint density at radius 2 is 2.40 bits per heavy atom. The van der Waals surface area contributed by atoms with Gasteiger partial charge < -0.3 is 4.90 Å². The highest BCUT2D eigenvalue weighted by Crippen LogP contribution is 2.33. The quantitative estimate of drug-likeness (QED) is 0.777. The minimum atomic E-state index is 0.246. The molecule has 0 radical (unpaired) electrons. The molecule has 0 saturated carbocycles. The van der Waals surface area contributed by atoms with E-state index in [0.29, 0.717) is 0 Å². The van der Waals surface area contributed by atoms with Crippen LogP contribution < -0.4 is 4.90 Å². The Balaban J connectivity index is 2.11. The molecule has 1 aromatic rings. The second kappa shape index (κ2) is 4.30. The predicted octanol–water partition coefficient (Wildman–Crippen LogP) is 3.30. The maximum atomic E-state index is 5.97. The zero-order valence-corrected chi connectivity index (χ0v) is 11.1. The highest BCUT2D eigenvalue weighted by Gasteiger charge is 2.33. The molecule has 82 valence electrons. The highest BCUT2D eigenvalue weighted by molar-refractivity contribution is 9.10. The Bertz CT molecular complexity index is 341. The lowest BCUT2D eigenvalue weighted by Crippen LogP contribution is -2.26. The Labute approximate surface area is 104 Å². The summed E-state index contributed by atoms with van der Waals surface area (Å²) in [6.45, 7) is 4.29. The van der Waals surface area contributed by atoms with Gasteiger partial charge in [-0.3, -0.25) is 0 Å². The van der Waals surface area contributed by atoms with E-state index in [4.69, 9.17) is 11.6 Å². The van der Waals surface area contributed by atoms with Crippen molar-refractivity contribution >= 4 is 33.3 Å². The summed E-state index contributed by atoms with van der Waals surface area (Å²) in [5.74, 6) is 1.77. The third-order valence-electron chi connectivity index (χ3n) is 2.92. The number of hydrogen-bond donors (Lipinski definition) is 0. The fourth-order valence-corrected chi connectivity index (χ4v) is 2.34. The summed E-state index contributed by atoms with van der Waals surface area (Å²) in [5, 5.41) is 0. The monoisotopic (exact) mass is 288 g/mol. The lowest BCUT2D eigenvalue weighted by Gasteiger charge is -2.22. The Morgan fingerprint density at radius 3 is 2.93 bits per heavy atom. The average Bonchev–Trinajstić information content (AvgIpc) is 2.63. The zero-order valence-electron chi connectivity index (χ0n) is 8.71. The van der Waals surface area contributed by atoms with Gasteiger partial charge in [-0.25, -0.2) is 4.98 Å². The SMILES string of the molecule is CC1(CCl)CCN(c2ccc(Br)cn2)C1. The summed E-state index contributed by atoms with van der Waals surface area (Å²) in [7, 11) is 0. The third-order valence-corrected chi connectivity index (χ3v) is 4.03. The fourth-order valence-electron chi connectivity index (χ4n) is 1.88. The smallest absolute Gasteiger partial charge is 0.128 e. The van der Waals surface area contributed by atoms with Crippen LogP contribution >= 0.6 is 27.5 Å². The molecule has 1 unspecified atom stereocenters. The highest BCUT2D eigenvalue weighted by atomic mass is 79.9. The van der Waals surface area contributed by atoms with E-state index in [1.165, 1.54) is 0 Å². The molecule has 0 bridgehead atoms. The van der Waals surface area contributed by atoms with Crippen molar-refractivity contribution in [2.45, 2.75) is 13.3 Å². The minimum Gasteiger partial charge on any atom is -0.356 e. The first-order valence-electron chi connectivity index (χ1n) is 5.05. The molecular weight excluding hydrogens is 275 g/mol. The summed E-state index contributed by atoms with van der Waals surface area (Å²) in [6, 6.07) is 4.07. The predicted molar refractivity (Wildman–Crippen MR) is 67.6 cm³/mol. The van der Waals surface area contributed by atoms with Crippen LogP contribution in [0, 0.1) is 5.41 Å². The maximum Gasteiger partial charge on any atom is 0.128 e. The van der Waals surface area contributed by atoms with E-state index in [-0.39, 0.29) is 5.41 Å². The number of rotatable bonds is 2. The van der Waals surface area contributed by atoms with Crippen molar-refractivity contribution in [3.63, 3.8) is 0 Å². The summed E-state index contributed by atoms with van der Waals surface area (Å²) in [6.07, 6.45) is 2.99. The van der Waals surface area contributed by atoms with Crippen molar-refractivity contribution in [2.24, 2.45) is 5.41 Å². The van der Waals surface area contributed by atoms with Crippen LogP contribution in [0.25, 0.3) is 0 Å². The first kappa shape index (κ1) is 11.2. The van der Waals surface area contributed by atoms with Gasteiger partial charge in [-0.2, -0.15) is 0 Å². The summed E-state index contributed by atoms with van der Waals surface area (Å²) in [5.41, 5.74) is 0.246. The molecule has 0 N–H and O–H groups in total. The van der Waals surface area contributed by atoms with Crippen LogP contribution in [0.1, 0.15) is 13.3 Å². The van der Waals surface area contributed by atoms with Crippen LogP contribution in [-0.2, 0) is 0 Å². The summed E-state index contributed by atoms with van der Waals surface area (Å²) >= 11 is 9.36. The Hall–Kier alpha value is -0.280. The molecule has 1 aliphatic heterocycles. The van der Waals surface area contributed by atoms with Gasteiger partial charge in [0.05, 0.1) is 0 Å². The number of aromatic nitrogens is 1. The van der Waals surface area contributed by atoms with E-state index in [9.17, 15) is 0 Å². The van der Waals surface area contributed by atoms with Crippen molar-refractivity contribution in [3.05, 3.63) is 22.8 Å². The molecule has 1 aliphatic rings. The Morgan fingerprint density at radius 1 is 1.60 bits per heavy atom. The van der Waals surface area contributed by atoms with Gasteiger partial charge in [-0.15, -0.1) is 11.6 Å². The molecule has 2 heterocycles. The first-order valence-corrected chi connectivity index (χ1v) is 6.38. The van der Waals surface area contributed by atoms with Crippen molar-refractivity contribution in [3.8, 4) is 0 Å². The normalized spacial score (nSPS) is 25.9. The molecule has 1 fully saturated rings. The zero-order chi connectivity index (χ0) is 10.9. The number of anilines is 1. The van der Waals surface area contributed by atoms with Crippen LogP contribution in [0.2, 0.25) is 0 Å². The largest absolute Gasteiger partial charge is 0.356 e. The minimum absolute atomic E-state index is 0.246. The Kier molecular flexibility index (Phi) is 3.21. The average molecular weight is 290 g/mol. The van der Waals surface area contributed by atoms with E-state index >= 15 is 0 Å². The summed E-state index contributed by atoms with van der Waals surface area (Å²) < 4.78 is 1.02. The van der Waals surface area contributed by atoms with Gasteiger partial charge in [-0.1, -0.05) is 6.92 Å². The van der Waals surface area contributed by atoms with Crippen LogP contribution in [0.4, 0.5) is 5.82 Å². The van der Waals surface area contributed by atoms with E-state index in [0.717, 1.165) is 35.7 Å². The maximum absolute atomic E-state index is 5.97. The molecule has 15 heavy (non-hydrogen) atoms. The van der Waals surface area contributed by atoms with E-state index in [2.05, 4.69) is 32.7 Å². The second-order valence-corrected chi connectivity index (χ2v) is 5.63. The summed E-state index contributed by atoms with van der Waals surface area (Å²) in [4.78, 5) is 6.70. The van der Waals surface area contributed by atoms with Crippen molar-refractivity contribution in [2.75, 3.05) is 23.9 Å². The first-order chi connectivity index (χ1) is 7.13. The number of pyridine rings is 1. The molecule has 1 saturated heterocycles. The van der Waals surface area contributed by atoms with Gasteiger partial charge in [0, 0.05) is 35.1 Å². The van der Waals surface area contributed by atoms with Crippen molar-refractivity contribution < 1.29 is 0 Å². The van der Waals surface area contributed by atoms with Gasteiger partial charge >= 0.3 is 0 Å². The van der Waals surface area contributed by atoms with Crippen LogP contribution in [0.3, 0.4) is 0 Å². The lowest BCUT2D eigenvalue weighted by atomic mass is 9.93. The van der Waals surface area contributed by atoms with Gasteiger partial charge in [0.2, 0.25) is 0 Å². The van der Waals surface area contributed by atoms with Gasteiger partial charge in [0.25, 0.3) is 0 Å². The van der Waals surface area contributed by atoms with Crippen molar-refractivity contribution in [1.29, 1.82) is 0 Å². The number of nitrogens with zero attached hydrogens (tertiary/aromatic N) is 2.